The minimum Gasteiger partial charge on any atom is -0.445 e. The average molecular weight is 648 g/mol. The van der Waals surface area contributed by atoms with Gasteiger partial charge in [-0.15, -0.1) is 0 Å². The Balaban J connectivity index is 1.43. The molecule has 1 saturated heterocycles. The molecule has 3 unspecified atom stereocenters. The third-order valence-corrected chi connectivity index (χ3v) is 8.61. The second kappa shape index (κ2) is 17.7. The van der Waals surface area contributed by atoms with Crippen molar-refractivity contribution >= 4 is 36.1 Å². The molecule has 0 bridgehead atoms. The zero-order valence-corrected chi connectivity index (χ0v) is 26.3. The van der Waals surface area contributed by atoms with E-state index in [0.29, 0.717) is 44.2 Å². The number of carbonyl (C=O) groups is 4. The van der Waals surface area contributed by atoms with Gasteiger partial charge < -0.3 is 36.1 Å². The van der Waals surface area contributed by atoms with Crippen molar-refractivity contribution in [3.63, 3.8) is 0 Å². The smallest absolute Gasteiger partial charge is 0.418 e. The van der Waals surface area contributed by atoms with Gasteiger partial charge in [-0.05, 0) is 44.1 Å². The van der Waals surface area contributed by atoms with E-state index in [2.05, 4.69) is 16.0 Å². The third-order valence-electron chi connectivity index (χ3n) is 8.61. The number of benzene rings is 2. The monoisotopic (exact) mass is 647 g/mol. The van der Waals surface area contributed by atoms with Crippen molar-refractivity contribution in [1.29, 1.82) is 5.41 Å². The fourth-order valence-corrected chi connectivity index (χ4v) is 6.26. The summed E-state index contributed by atoms with van der Waals surface area (Å²) in [5.74, 6) is -1.99. The first-order chi connectivity index (χ1) is 22.8. The molecule has 1 aliphatic carbocycles. The lowest BCUT2D eigenvalue weighted by molar-refractivity contribution is -0.144. The minimum atomic E-state index is -1.29. The summed E-state index contributed by atoms with van der Waals surface area (Å²) < 4.78 is 10.5. The maximum Gasteiger partial charge on any atom is 0.418 e. The van der Waals surface area contributed by atoms with Gasteiger partial charge in [-0.1, -0.05) is 73.5 Å². The number of amides is 3. The van der Waals surface area contributed by atoms with Gasteiger partial charge in [0.2, 0.25) is 11.8 Å². The lowest BCUT2D eigenvalue weighted by Crippen LogP contribution is -2.55. The highest BCUT2D eigenvalue weighted by molar-refractivity contribution is 5.96. The Morgan fingerprint density at radius 2 is 1.68 bits per heavy atom. The molecule has 0 aromatic heterocycles. The molecule has 251 valence electrons. The number of hydrogen-bond donors (Lipinski definition) is 5. The Bertz CT molecular complexity index is 1380. The molecule has 1 saturated carbocycles. The standard InChI is InChI=1S/C34H43N6O7/c35-33(36)37-19-9-17-27(29(42)30(47-22-41)24-13-5-2-6-14-24)38-31(43)28-18-10-20-40(28)32(44)25-15-7-8-16-26(25)39-34(45)46-21-23-11-3-1-4-12-23/h1-6,11-14,25-28,30H,7-10,15-21H2,(H,38,43)(H,39,45)(H4,35,36,37)/t25?,26?,27-,28-,30?/m0/s1. The second-order valence-electron chi connectivity index (χ2n) is 11.8. The van der Waals surface area contributed by atoms with Crippen molar-refractivity contribution in [3.05, 3.63) is 71.8 Å². The average Bonchev–Trinajstić information content (AvgIpc) is 3.58. The summed E-state index contributed by atoms with van der Waals surface area (Å²) in [5, 5.41) is 15.8. The van der Waals surface area contributed by atoms with E-state index in [-0.39, 0.29) is 31.4 Å². The van der Waals surface area contributed by atoms with Crippen molar-refractivity contribution in [2.45, 2.75) is 82.2 Å². The third kappa shape index (κ3) is 10.0. The number of ether oxygens (including phenoxy) is 2. The van der Waals surface area contributed by atoms with Gasteiger partial charge in [-0.25, -0.2) is 9.59 Å². The number of nitrogens with one attached hydrogen (secondary N) is 4. The number of Topliss-reactive ketones (excluding diaryl/α,β-unsaturated/α-hetero) is 1. The van der Waals surface area contributed by atoms with Crippen LogP contribution in [-0.4, -0.2) is 72.2 Å². The second-order valence-corrected chi connectivity index (χ2v) is 11.8. The molecule has 0 spiro atoms. The predicted molar refractivity (Wildman–Crippen MR) is 172 cm³/mol. The van der Waals surface area contributed by atoms with Gasteiger partial charge in [0, 0.05) is 24.7 Å². The fraction of sp³-hybridized carbons (Fsp3) is 0.471. The number of likely N-dealkylation sites (tertiary alicyclic amines) is 1. The highest BCUT2D eigenvalue weighted by Crippen LogP contribution is 2.30. The Kier molecular flexibility index (Phi) is 13.1. The van der Waals surface area contributed by atoms with Crippen LogP contribution >= 0.6 is 0 Å². The van der Waals surface area contributed by atoms with Crippen molar-refractivity contribution in [2.75, 3.05) is 13.1 Å². The molecular weight excluding hydrogens is 604 g/mol. The lowest BCUT2D eigenvalue weighted by atomic mass is 9.83. The van der Waals surface area contributed by atoms with E-state index in [4.69, 9.17) is 20.6 Å². The highest BCUT2D eigenvalue weighted by atomic mass is 16.5. The first kappa shape index (κ1) is 34.9. The van der Waals surface area contributed by atoms with Crippen molar-refractivity contribution in [2.24, 2.45) is 11.7 Å². The maximum absolute atomic E-state index is 13.9. The van der Waals surface area contributed by atoms with Crippen molar-refractivity contribution in [1.82, 2.24) is 20.9 Å². The molecule has 2 aliphatic rings. The zero-order chi connectivity index (χ0) is 33.6. The number of hydrogen-bond acceptors (Lipinski definition) is 8. The minimum absolute atomic E-state index is 0.109. The summed E-state index contributed by atoms with van der Waals surface area (Å²) in [7, 11) is 0. The molecule has 1 aliphatic heterocycles. The van der Waals surface area contributed by atoms with Crippen LogP contribution in [-0.2, 0) is 35.3 Å². The Morgan fingerprint density at radius 3 is 2.38 bits per heavy atom. The van der Waals surface area contributed by atoms with Crippen LogP contribution in [0.5, 0.6) is 0 Å². The van der Waals surface area contributed by atoms with Gasteiger partial charge >= 0.3 is 12.6 Å². The number of alkyl carbamates (subject to hydrolysis) is 1. The van der Waals surface area contributed by atoms with Gasteiger partial charge in [-0.2, -0.15) is 0 Å². The topological polar surface area (TPSA) is 193 Å². The van der Waals surface area contributed by atoms with E-state index in [0.717, 1.165) is 18.4 Å². The van der Waals surface area contributed by atoms with E-state index < -0.39 is 47.9 Å². The zero-order valence-electron chi connectivity index (χ0n) is 26.3. The van der Waals surface area contributed by atoms with Crippen LogP contribution in [0.15, 0.2) is 60.7 Å². The summed E-state index contributed by atoms with van der Waals surface area (Å²) in [6.45, 7) is 2.11. The van der Waals surface area contributed by atoms with Crippen LogP contribution in [0.4, 0.5) is 4.79 Å². The molecule has 4 rings (SSSR count). The SMILES string of the molecule is N=C(N)NCCC[C@H](NC(=O)[C@@H]1CCCN1C(=O)C1CCCCC1NC(=O)OCc1ccccc1)C(=O)C(O[C]=O)c1ccccc1. The molecule has 6 N–H and O–H groups in total. The molecule has 2 fully saturated rings. The van der Waals surface area contributed by atoms with E-state index >= 15 is 0 Å². The van der Waals surface area contributed by atoms with Crippen LogP contribution in [0, 0.1) is 11.3 Å². The Labute approximate surface area is 274 Å². The number of ketones is 1. The summed E-state index contributed by atoms with van der Waals surface area (Å²) in [6.07, 6.45) is 2.49. The maximum atomic E-state index is 13.9. The quantitative estimate of drug-likeness (QED) is 0.110. The molecule has 2 aromatic rings. The summed E-state index contributed by atoms with van der Waals surface area (Å²) >= 11 is 0. The molecule has 47 heavy (non-hydrogen) atoms. The van der Waals surface area contributed by atoms with Crippen LogP contribution < -0.4 is 21.7 Å². The van der Waals surface area contributed by atoms with E-state index in [9.17, 15) is 24.0 Å². The van der Waals surface area contributed by atoms with Gasteiger partial charge in [0.05, 0.1) is 12.0 Å². The first-order valence-electron chi connectivity index (χ1n) is 16.1. The normalized spacial score (nSPS) is 20.3. The van der Waals surface area contributed by atoms with Crippen molar-refractivity contribution < 1.29 is 33.4 Å². The van der Waals surface area contributed by atoms with E-state index in [1.807, 2.05) is 30.3 Å². The number of carbonyl (C=O) groups excluding carboxylic acids is 5. The summed E-state index contributed by atoms with van der Waals surface area (Å²) in [5.41, 5.74) is 6.66. The number of guanidine groups is 1. The predicted octanol–water partition coefficient (Wildman–Crippen LogP) is 2.60. The molecule has 2 aromatic carbocycles. The molecule has 1 radical (unpaired) electrons. The van der Waals surface area contributed by atoms with Crippen LogP contribution in [0.2, 0.25) is 0 Å². The molecule has 1 heterocycles. The Hall–Kier alpha value is -4.94. The highest BCUT2D eigenvalue weighted by Gasteiger charge is 2.42. The van der Waals surface area contributed by atoms with Gasteiger partial charge in [0.1, 0.15) is 12.6 Å². The van der Waals surface area contributed by atoms with Gasteiger partial charge in [0.15, 0.2) is 17.8 Å². The molecule has 13 nitrogen and oxygen atoms in total. The number of nitrogens with two attached hydrogens (primary N) is 1. The fourth-order valence-electron chi connectivity index (χ4n) is 6.26. The van der Waals surface area contributed by atoms with Gasteiger partial charge in [0.25, 0.3) is 0 Å². The van der Waals surface area contributed by atoms with Crippen LogP contribution in [0.3, 0.4) is 0 Å². The van der Waals surface area contributed by atoms with Gasteiger partial charge in [-0.3, -0.25) is 19.8 Å². The molecule has 5 atom stereocenters. The van der Waals surface area contributed by atoms with Crippen LogP contribution in [0.1, 0.15) is 68.6 Å². The number of nitrogens with zero attached hydrogens (tertiary/aromatic N) is 1. The largest absolute Gasteiger partial charge is 0.445 e. The first-order valence-corrected chi connectivity index (χ1v) is 16.1. The van der Waals surface area contributed by atoms with Crippen LogP contribution in [0.25, 0.3) is 0 Å². The number of rotatable bonds is 15. The molecular formula is C34H43N6O7. The van der Waals surface area contributed by atoms with E-state index in [1.54, 1.807) is 35.2 Å². The summed E-state index contributed by atoms with van der Waals surface area (Å²) in [6, 6.07) is 15.4. The lowest BCUT2D eigenvalue weighted by Gasteiger charge is -2.35. The van der Waals surface area contributed by atoms with E-state index in [1.165, 1.54) is 6.47 Å². The molecule has 3 amide bonds. The van der Waals surface area contributed by atoms with Crippen molar-refractivity contribution in [3.8, 4) is 0 Å². The summed E-state index contributed by atoms with van der Waals surface area (Å²) in [4.78, 5) is 66.9. The molecule has 13 heteroatoms. The Morgan fingerprint density at radius 1 is 0.979 bits per heavy atom.